The highest BCUT2D eigenvalue weighted by Crippen LogP contribution is 2.36. The lowest BCUT2D eigenvalue weighted by Gasteiger charge is -2.29. The maximum absolute atomic E-state index is 6.11. The van der Waals surface area contributed by atoms with Crippen molar-refractivity contribution in [2.45, 2.75) is 19.8 Å². The van der Waals surface area contributed by atoms with Crippen LogP contribution in [0.25, 0.3) is 0 Å². The van der Waals surface area contributed by atoms with E-state index in [1.807, 2.05) is 0 Å². The average Bonchev–Trinajstić information content (AvgIpc) is 2.82. The SMILES string of the molecule is CC1(CN=C(N)N2CCOCC2)Cc2ccccc2C1. The van der Waals surface area contributed by atoms with E-state index in [0.717, 1.165) is 45.7 Å². The van der Waals surface area contributed by atoms with E-state index in [0.29, 0.717) is 5.96 Å². The molecule has 1 aromatic rings. The zero-order chi connectivity index (χ0) is 14.0. The van der Waals surface area contributed by atoms with Gasteiger partial charge in [-0.3, -0.25) is 4.99 Å². The van der Waals surface area contributed by atoms with Crippen LogP contribution in [-0.2, 0) is 17.6 Å². The highest BCUT2D eigenvalue weighted by molar-refractivity contribution is 5.78. The molecule has 0 atom stereocenters. The number of nitrogens with two attached hydrogens (primary N) is 1. The molecule has 0 bridgehead atoms. The number of fused-ring (bicyclic) bond motifs is 1. The van der Waals surface area contributed by atoms with Gasteiger partial charge in [0.05, 0.1) is 13.2 Å². The van der Waals surface area contributed by atoms with Gasteiger partial charge < -0.3 is 15.4 Å². The Kier molecular flexibility index (Phi) is 3.66. The number of ether oxygens (including phenoxy) is 1. The van der Waals surface area contributed by atoms with Crippen LogP contribution in [0.1, 0.15) is 18.1 Å². The van der Waals surface area contributed by atoms with Gasteiger partial charge in [-0.15, -0.1) is 0 Å². The first-order chi connectivity index (χ1) is 9.66. The van der Waals surface area contributed by atoms with Gasteiger partial charge in [0.2, 0.25) is 0 Å². The molecule has 1 heterocycles. The molecule has 0 aromatic heterocycles. The average molecular weight is 273 g/mol. The molecule has 108 valence electrons. The lowest BCUT2D eigenvalue weighted by molar-refractivity contribution is 0.0673. The summed E-state index contributed by atoms with van der Waals surface area (Å²) in [6, 6.07) is 8.71. The molecule has 4 heteroatoms. The van der Waals surface area contributed by atoms with E-state index in [-0.39, 0.29) is 5.41 Å². The van der Waals surface area contributed by atoms with Crippen molar-refractivity contribution in [1.82, 2.24) is 4.90 Å². The monoisotopic (exact) mass is 273 g/mol. The molecule has 0 unspecified atom stereocenters. The van der Waals surface area contributed by atoms with Crippen LogP contribution in [0.15, 0.2) is 29.3 Å². The second-order valence-corrected chi connectivity index (χ2v) is 6.21. The van der Waals surface area contributed by atoms with Crippen LogP contribution in [-0.4, -0.2) is 43.7 Å². The smallest absolute Gasteiger partial charge is 0.191 e. The second-order valence-electron chi connectivity index (χ2n) is 6.21. The van der Waals surface area contributed by atoms with Crippen molar-refractivity contribution in [3.05, 3.63) is 35.4 Å². The summed E-state index contributed by atoms with van der Waals surface area (Å²) in [7, 11) is 0. The minimum Gasteiger partial charge on any atom is -0.378 e. The van der Waals surface area contributed by atoms with Gasteiger partial charge in [0.15, 0.2) is 5.96 Å². The van der Waals surface area contributed by atoms with E-state index < -0.39 is 0 Å². The maximum Gasteiger partial charge on any atom is 0.191 e. The predicted octanol–water partition coefficient (Wildman–Crippen LogP) is 1.44. The minimum absolute atomic E-state index is 0.209. The highest BCUT2D eigenvalue weighted by Gasteiger charge is 2.32. The van der Waals surface area contributed by atoms with Crippen LogP contribution in [0.2, 0.25) is 0 Å². The molecule has 1 saturated heterocycles. The van der Waals surface area contributed by atoms with Crippen molar-refractivity contribution >= 4 is 5.96 Å². The first-order valence-electron chi connectivity index (χ1n) is 7.36. The van der Waals surface area contributed by atoms with Gasteiger partial charge in [-0.1, -0.05) is 31.2 Å². The number of benzene rings is 1. The number of morpholine rings is 1. The third-order valence-electron chi connectivity index (χ3n) is 4.31. The zero-order valence-electron chi connectivity index (χ0n) is 12.1. The van der Waals surface area contributed by atoms with Crippen LogP contribution in [0, 0.1) is 5.41 Å². The molecule has 0 saturated carbocycles. The summed E-state index contributed by atoms with van der Waals surface area (Å²) in [6.07, 6.45) is 2.20. The number of hydrogen-bond acceptors (Lipinski definition) is 2. The van der Waals surface area contributed by atoms with Gasteiger partial charge in [-0.2, -0.15) is 0 Å². The molecule has 0 radical (unpaired) electrons. The number of aliphatic imine (C=N–C) groups is 1. The van der Waals surface area contributed by atoms with Crippen LogP contribution in [0.3, 0.4) is 0 Å². The standard InChI is InChI=1S/C16H23N3O/c1-16(10-13-4-2-3-5-14(13)11-16)12-18-15(17)19-6-8-20-9-7-19/h2-5H,6-12H2,1H3,(H2,17,18). The quantitative estimate of drug-likeness (QED) is 0.655. The minimum atomic E-state index is 0.209. The van der Waals surface area contributed by atoms with Crippen molar-refractivity contribution in [3.8, 4) is 0 Å². The summed E-state index contributed by atoms with van der Waals surface area (Å²) in [5, 5.41) is 0. The molecule has 20 heavy (non-hydrogen) atoms. The Morgan fingerprint density at radius 1 is 1.25 bits per heavy atom. The van der Waals surface area contributed by atoms with Crippen molar-refractivity contribution in [2.24, 2.45) is 16.1 Å². The van der Waals surface area contributed by atoms with Gasteiger partial charge in [-0.05, 0) is 29.4 Å². The number of nitrogens with zero attached hydrogens (tertiary/aromatic N) is 2. The van der Waals surface area contributed by atoms with E-state index in [9.17, 15) is 0 Å². The third kappa shape index (κ3) is 2.80. The highest BCUT2D eigenvalue weighted by atomic mass is 16.5. The number of guanidine groups is 1. The van der Waals surface area contributed by atoms with Crippen LogP contribution >= 0.6 is 0 Å². The lowest BCUT2D eigenvalue weighted by Crippen LogP contribution is -2.45. The summed E-state index contributed by atoms with van der Waals surface area (Å²) in [6.45, 7) is 6.31. The normalized spacial score (nSPS) is 21.9. The molecule has 3 rings (SSSR count). The summed E-state index contributed by atoms with van der Waals surface area (Å²) >= 11 is 0. The summed E-state index contributed by atoms with van der Waals surface area (Å²) in [4.78, 5) is 6.77. The summed E-state index contributed by atoms with van der Waals surface area (Å²) in [5.74, 6) is 0.672. The van der Waals surface area contributed by atoms with Crippen LogP contribution in [0.5, 0.6) is 0 Å². The Labute approximate surface area is 120 Å². The Hall–Kier alpha value is -1.55. The molecule has 0 amide bonds. The molecular formula is C16H23N3O. The van der Waals surface area contributed by atoms with Crippen LogP contribution in [0.4, 0.5) is 0 Å². The molecule has 1 aromatic carbocycles. The van der Waals surface area contributed by atoms with E-state index in [1.165, 1.54) is 11.1 Å². The molecule has 1 fully saturated rings. The Morgan fingerprint density at radius 3 is 2.45 bits per heavy atom. The van der Waals surface area contributed by atoms with E-state index in [2.05, 4.69) is 41.1 Å². The van der Waals surface area contributed by atoms with Gasteiger partial charge in [0.1, 0.15) is 0 Å². The summed E-state index contributed by atoms with van der Waals surface area (Å²) < 4.78 is 5.34. The zero-order valence-corrected chi connectivity index (χ0v) is 12.1. The topological polar surface area (TPSA) is 50.8 Å². The molecule has 1 aliphatic heterocycles. The largest absolute Gasteiger partial charge is 0.378 e. The maximum atomic E-state index is 6.11. The van der Waals surface area contributed by atoms with Gasteiger partial charge in [0, 0.05) is 19.6 Å². The van der Waals surface area contributed by atoms with Crippen molar-refractivity contribution in [3.63, 3.8) is 0 Å². The lowest BCUT2D eigenvalue weighted by atomic mass is 9.87. The van der Waals surface area contributed by atoms with E-state index >= 15 is 0 Å². The summed E-state index contributed by atoms with van der Waals surface area (Å²) in [5.41, 5.74) is 9.26. The second kappa shape index (κ2) is 5.44. The fraction of sp³-hybridized carbons (Fsp3) is 0.562. The molecular weight excluding hydrogens is 250 g/mol. The predicted molar refractivity (Wildman–Crippen MR) is 80.8 cm³/mol. The number of rotatable bonds is 2. The fourth-order valence-electron chi connectivity index (χ4n) is 3.16. The molecule has 2 aliphatic rings. The third-order valence-corrected chi connectivity index (χ3v) is 4.31. The van der Waals surface area contributed by atoms with Gasteiger partial charge in [0.25, 0.3) is 0 Å². The van der Waals surface area contributed by atoms with E-state index in [1.54, 1.807) is 0 Å². The molecule has 1 aliphatic carbocycles. The van der Waals surface area contributed by atoms with Gasteiger partial charge in [-0.25, -0.2) is 0 Å². The first-order valence-corrected chi connectivity index (χ1v) is 7.36. The Balaban J connectivity index is 1.63. The molecule has 4 nitrogen and oxygen atoms in total. The van der Waals surface area contributed by atoms with Crippen molar-refractivity contribution in [1.29, 1.82) is 0 Å². The molecule has 0 spiro atoms. The molecule has 2 N–H and O–H groups in total. The van der Waals surface area contributed by atoms with Crippen molar-refractivity contribution < 1.29 is 4.74 Å². The van der Waals surface area contributed by atoms with Gasteiger partial charge >= 0.3 is 0 Å². The van der Waals surface area contributed by atoms with E-state index in [4.69, 9.17) is 10.5 Å². The van der Waals surface area contributed by atoms with Crippen molar-refractivity contribution in [2.75, 3.05) is 32.8 Å². The Bertz CT molecular complexity index is 481. The van der Waals surface area contributed by atoms with Crippen LogP contribution < -0.4 is 5.73 Å². The first kappa shape index (κ1) is 13.4. The Morgan fingerprint density at radius 2 is 1.85 bits per heavy atom. The fourth-order valence-corrected chi connectivity index (χ4v) is 3.16. The number of hydrogen-bond donors (Lipinski definition) is 1.